The summed E-state index contributed by atoms with van der Waals surface area (Å²) in [6, 6.07) is 12.9. The molecule has 11 heteroatoms. The maximum absolute atomic E-state index is 13.9. The number of anilines is 1. The van der Waals surface area contributed by atoms with Crippen LogP contribution in [-0.2, 0) is 19.6 Å². The third-order valence-electron chi connectivity index (χ3n) is 7.04. The number of fused-ring (bicyclic) bond motifs is 1. The molecule has 0 saturated heterocycles. The van der Waals surface area contributed by atoms with Crippen molar-refractivity contribution in [1.29, 1.82) is 0 Å². The van der Waals surface area contributed by atoms with Crippen LogP contribution in [0.25, 0.3) is 16.5 Å². The Labute approximate surface area is 238 Å². The number of sulfonamides is 1. The summed E-state index contributed by atoms with van der Waals surface area (Å²) >= 11 is 0. The summed E-state index contributed by atoms with van der Waals surface area (Å²) < 4.78 is 35.9. The molecule has 1 aliphatic rings. The van der Waals surface area contributed by atoms with E-state index in [4.69, 9.17) is 4.42 Å². The van der Waals surface area contributed by atoms with Crippen LogP contribution in [0.5, 0.6) is 0 Å². The van der Waals surface area contributed by atoms with Crippen LogP contribution in [0.3, 0.4) is 0 Å². The van der Waals surface area contributed by atoms with Gasteiger partial charge in [0.15, 0.2) is 10.6 Å². The topological polar surface area (TPSA) is 155 Å². The standard InChI is InChI=1S/C30H33N3O7S/c1-5-24(34)31-22-12-9-13-23-25(22)19(4)27(40-23)28(35)32-30(41(38,39)33-26(18(2)3)29(36)37)16-14-21(15-17-30)20-10-7-6-8-11-20/h6-16,18,26,33H,5,17H2,1-4H3,(H,31,34)(H,32,35)(H,36,37)/t26-,30?/m0/s1. The lowest BCUT2D eigenvalue weighted by Gasteiger charge is -2.34. The van der Waals surface area contributed by atoms with Crippen molar-refractivity contribution in [2.24, 2.45) is 5.92 Å². The molecule has 1 aliphatic carbocycles. The Kier molecular flexibility index (Phi) is 8.50. The zero-order valence-electron chi connectivity index (χ0n) is 23.2. The Morgan fingerprint density at radius 1 is 1.07 bits per heavy atom. The van der Waals surface area contributed by atoms with Crippen LogP contribution in [-0.4, -0.2) is 42.2 Å². The first-order valence-electron chi connectivity index (χ1n) is 13.2. The first-order chi connectivity index (χ1) is 19.4. The summed E-state index contributed by atoms with van der Waals surface area (Å²) in [5.41, 5.74) is 2.83. The number of hydrogen-bond donors (Lipinski definition) is 4. The first-order valence-corrected chi connectivity index (χ1v) is 14.7. The van der Waals surface area contributed by atoms with Gasteiger partial charge in [-0.15, -0.1) is 0 Å². The number of benzene rings is 2. The molecule has 1 heterocycles. The van der Waals surface area contributed by atoms with Gasteiger partial charge in [-0.2, -0.15) is 4.72 Å². The van der Waals surface area contributed by atoms with Crippen LogP contribution in [0.15, 0.2) is 71.2 Å². The molecule has 0 radical (unpaired) electrons. The van der Waals surface area contributed by atoms with E-state index in [1.54, 1.807) is 58.0 Å². The minimum absolute atomic E-state index is 0.127. The normalized spacial score (nSPS) is 17.7. The van der Waals surface area contributed by atoms with Crippen LogP contribution in [0, 0.1) is 12.8 Å². The highest BCUT2D eigenvalue weighted by molar-refractivity contribution is 7.91. The number of carboxylic acid groups (broad SMARTS) is 1. The second-order valence-corrected chi connectivity index (χ2v) is 12.2. The molecule has 2 amide bonds. The number of aryl methyl sites for hydroxylation is 1. The summed E-state index contributed by atoms with van der Waals surface area (Å²) in [7, 11) is -4.51. The molecule has 0 fully saturated rings. The third-order valence-corrected chi connectivity index (χ3v) is 8.97. The lowest BCUT2D eigenvalue weighted by atomic mass is 9.96. The molecule has 0 spiro atoms. The molecule has 4 rings (SSSR count). The average Bonchev–Trinajstić information content (AvgIpc) is 3.29. The van der Waals surface area contributed by atoms with E-state index >= 15 is 0 Å². The van der Waals surface area contributed by atoms with Crippen molar-refractivity contribution in [2.45, 2.75) is 51.4 Å². The number of nitrogens with one attached hydrogen (secondary N) is 3. The van der Waals surface area contributed by atoms with Gasteiger partial charge in [0.2, 0.25) is 15.9 Å². The van der Waals surface area contributed by atoms with Gasteiger partial charge in [-0.1, -0.05) is 69.3 Å². The number of rotatable bonds is 10. The van der Waals surface area contributed by atoms with Gasteiger partial charge < -0.3 is 20.2 Å². The smallest absolute Gasteiger partial charge is 0.321 e. The Morgan fingerprint density at radius 2 is 1.78 bits per heavy atom. The van der Waals surface area contributed by atoms with Crippen molar-refractivity contribution >= 4 is 50.0 Å². The summed E-state index contributed by atoms with van der Waals surface area (Å²) in [5, 5.41) is 15.6. The summed E-state index contributed by atoms with van der Waals surface area (Å²) in [6.07, 6.45) is 4.72. The van der Waals surface area contributed by atoms with Gasteiger partial charge in [-0.3, -0.25) is 14.4 Å². The van der Waals surface area contributed by atoms with Crippen LogP contribution in [0.2, 0.25) is 0 Å². The first kappa shape index (κ1) is 29.8. The Balaban J connectivity index is 1.75. The van der Waals surface area contributed by atoms with Crippen LogP contribution >= 0.6 is 0 Å². The van der Waals surface area contributed by atoms with E-state index < -0.39 is 38.7 Å². The number of carboxylic acids is 1. The lowest BCUT2D eigenvalue weighted by Crippen LogP contribution is -2.60. The van der Waals surface area contributed by atoms with E-state index in [2.05, 4.69) is 15.4 Å². The highest BCUT2D eigenvalue weighted by Crippen LogP contribution is 2.34. The Morgan fingerprint density at radius 3 is 2.37 bits per heavy atom. The number of carbonyl (C=O) groups is 3. The molecular formula is C30H33N3O7S. The maximum atomic E-state index is 13.9. The molecule has 3 aromatic rings. The highest BCUT2D eigenvalue weighted by Gasteiger charge is 2.46. The number of furan rings is 1. The molecule has 0 saturated carbocycles. The van der Waals surface area contributed by atoms with Gasteiger partial charge in [0.1, 0.15) is 11.6 Å². The fourth-order valence-corrected chi connectivity index (χ4v) is 6.38. The number of allylic oxidation sites excluding steroid dienone is 2. The molecule has 2 atom stereocenters. The van der Waals surface area contributed by atoms with Crippen molar-refractivity contribution in [1.82, 2.24) is 10.0 Å². The molecule has 2 aromatic carbocycles. The molecule has 4 N–H and O–H groups in total. The molecule has 1 aromatic heterocycles. The van der Waals surface area contributed by atoms with Gasteiger partial charge in [0.25, 0.3) is 5.91 Å². The number of aliphatic carboxylic acids is 1. The van der Waals surface area contributed by atoms with E-state index in [0.29, 0.717) is 22.2 Å². The van der Waals surface area contributed by atoms with Gasteiger partial charge in [-0.25, -0.2) is 8.42 Å². The van der Waals surface area contributed by atoms with Crippen molar-refractivity contribution in [3.8, 4) is 0 Å². The van der Waals surface area contributed by atoms with Gasteiger partial charge in [-0.05, 0) is 42.2 Å². The predicted octanol–water partition coefficient (Wildman–Crippen LogP) is 4.59. The maximum Gasteiger partial charge on any atom is 0.321 e. The lowest BCUT2D eigenvalue weighted by molar-refractivity contribution is -0.140. The van der Waals surface area contributed by atoms with Crippen molar-refractivity contribution < 1.29 is 32.3 Å². The average molecular weight is 580 g/mol. The number of amides is 2. The molecule has 1 unspecified atom stereocenters. The number of hydrogen-bond acceptors (Lipinski definition) is 6. The van der Waals surface area contributed by atoms with Gasteiger partial charge in [0.05, 0.1) is 5.69 Å². The van der Waals surface area contributed by atoms with E-state index in [1.807, 2.05) is 30.3 Å². The van der Waals surface area contributed by atoms with Crippen molar-refractivity contribution in [3.05, 3.63) is 83.6 Å². The van der Waals surface area contributed by atoms with E-state index in [1.165, 1.54) is 6.08 Å². The molecule has 0 aliphatic heterocycles. The SMILES string of the molecule is CCC(=O)Nc1cccc2oc(C(=O)NC3(S(=O)(=O)N[C@H](C(=O)O)C(C)C)C=CC(c4ccccc4)=CC3)c(C)c12. The Bertz CT molecular complexity index is 1660. The van der Waals surface area contributed by atoms with E-state index in [-0.39, 0.29) is 24.5 Å². The molecule has 216 valence electrons. The van der Waals surface area contributed by atoms with E-state index in [0.717, 1.165) is 11.1 Å². The second-order valence-electron chi connectivity index (χ2n) is 10.2. The fourth-order valence-electron chi connectivity index (χ4n) is 4.68. The fraction of sp³-hybridized carbons (Fsp3) is 0.300. The summed E-state index contributed by atoms with van der Waals surface area (Å²) in [5.74, 6) is -3.05. The monoisotopic (exact) mass is 579 g/mol. The summed E-state index contributed by atoms with van der Waals surface area (Å²) in [6.45, 7) is 6.53. The zero-order valence-corrected chi connectivity index (χ0v) is 24.0. The van der Waals surface area contributed by atoms with Crippen molar-refractivity contribution in [3.63, 3.8) is 0 Å². The van der Waals surface area contributed by atoms with Gasteiger partial charge >= 0.3 is 5.97 Å². The van der Waals surface area contributed by atoms with E-state index in [9.17, 15) is 27.9 Å². The third kappa shape index (κ3) is 5.96. The predicted molar refractivity (Wildman–Crippen MR) is 157 cm³/mol. The quantitative estimate of drug-likeness (QED) is 0.274. The van der Waals surface area contributed by atoms with Crippen LogP contribution in [0.1, 0.15) is 55.3 Å². The zero-order chi connectivity index (χ0) is 29.9. The number of carbonyl (C=O) groups excluding carboxylic acids is 2. The molecule has 0 bridgehead atoms. The molecule has 41 heavy (non-hydrogen) atoms. The van der Waals surface area contributed by atoms with Crippen LogP contribution < -0.4 is 15.4 Å². The van der Waals surface area contributed by atoms with Gasteiger partial charge in [0, 0.05) is 23.8 Å². The Hall–Kier alpha value is -4.22. The molecule has 10 nitrogen and oxygen atoms in total. The minimum atomic E-state index is -4.51. The minimum Gasteiger partial charge on any atom is -0.480 e. The highest BCUT2D eigenvalue weighted by atomic mass is 32.2. The molecular weight excluding hydrogens is 546 g/mol. The summed E-state index contributed by atoms with van der Waals surface area (Å²) in [4.78, 5) is 35.6. The van der Waals surface area contributed by atoms with Crippen LogP contribution in [0.4, 0.5) is 5.69 Å². The second kappa shape index (κ2) is 11.7. The largest absolute Gasteiger partial charge is 0.480 e. The van der Waals surface area contributed by atoms with Crippen molar-refractivity contribution in [2.75, 3.05) is 5.32 Å².